The second-order valence-electron chi connectivity index (χ2n) is 3.78. The van der Waals surface area contributed by atoms with Crippen LogP contribution in [-0.2, 0) is 11.8 Å². The van der Waals surface area contributed by atoms with Gasteiger partial charge in [0.05, 0.1) is 11.8 Å². The van der Waals surface area contributed by atoms with Crippen LogP contribution in [0.3, 0.4) is 0 Å². The maximum absolute atomic E-state index is 5.30. The van der Waals surface area contributed by atoms with Gasteiger partial charge in [-0.05, 0) is 36.4 Å². The van der Waals surface area contributed by atoms with Crippen molar-refractivity contribution in [1.82, 2.24) is 9.55 Å². The van der Waals surface area contributed by atoms with Gasteiger partial charge in [0.1, 0.15) is 3.70 Å². The van der Waals surface area contributed by atoms with E-state index in [9.17, 15) is 0 Å². The summed E-state index contributed by atoms with van der Waals surface area (Å²) < 4.78 is 8.42. The van der Waals surface area contributed by atoms with Crippen LogP contribution in [0.15, 0.2) is 6.20 Å². The van der Waals surface area contributed by atoms with Crippen LogP contribution in [0.5, 0.6) is 0 Å². The first-order valence-electron chi connectivity index (χ1n) is 4.42. The highest BCUT2D eigenvalue weighted by atomic mass is 127. The molecule has 1 heterocycles. The molecule has 5 heteroatoms. The van der Waals surface area contributed by atoms with Crippen LogP contribution in [0.4, 0.5) is 5.95 Å². The molecule has 0 aliphatic heterocycles. The number of halogens is 1. The first-order chi connectivity index (χ1) is 6.46. The smallest absolute Gasteiger partial charge is 0.203 e. The van der Waals surface area contributed by atoms with Crippen molar-refractivity contribution in [2.75, 3.05) is 19.0 Å². The SMILES string of the molecule is COC(C)(C)CNc1ncc(I)n1C. The van der Waals surface area contributed by atoms with E-state index in [0.29, 0.717) is 0 Å². The quantitative estimate of drug-likeness (QED) is 0.863. The number of anilines is 1. The molecule has 14 heavy (non-hydrogen) atoms. The monoisotopic (exact) mass is 309 g/mol. The van der Waals surface area contributed by atoms with Gasteiger partial charge in [-0.15, -0.1) is 0 Å². The summed E-state index contributed by atoms with van der Waals surface area (Å²) >= 11 is 2.24. The van der Waals surface area contributed by atoms with Crippen LogP contribution in [0.25, 0.3) is 0 Å². The number of hydrogen-bond donors (Lipinski definition) is 1. The number of ether oxygens (including phenoxy) is 1. The zero-order chi connectivity index (χ0) is 10.8. The maximum atomic E-state index is 5.30. The Morgan fingerprint density at radius 2 is 2.29 bits per heavy atom. The van der Waals surface area contributed by atoms with Gasteiger partial charge in [0.25, 0.3) is 0 Å². The molecule has 0 aromatic carbocycles. The van der Waals surface area contributed by atoms with Gasteiger partial charge in [-0.2, -0.15) is 0 Å². The van der Waals surface area contributed by atoms with Gasteiger partial charge in [-0.3, -0.25) is 0 Å². The van der Waals surface area contributed by atoms with E-state index >= 15 is 0 Å². The van der Waals surface area contributed by atoms with Gasteiger partial charge in [-0.25, -0.2) is 4.98 Å². The fourth-order valence-electron chi connectivity index (χ4n) is 0.917. The minimum Gasteiger partial charge on any atom is -0.377 e. The molecule has 1 aromatic rings. The van der Waals surface area contributed by atoms with E-state index in [0.717, 1.165) is 16.2 Å². The molecule has 0 amide bonds. The summed E-state index contributed by atoms with van der Waals surface area (Å²) in [5, 5.41) is 3.25. The Morgan fingerprint density at radius 3 is 2.71 bits per heavy atom. The lowest BCUT2D eigenvalue weighted by Crippen LogP contribution is -2.32. The van der Waals surface area contributed by atoms with E-state index in [-0.39, 0.29) is 5.60 Å². The first kappa shape index (κ1) is 11.8. The largest absolute Gasteiger partial charge is 0.377 e. The number of hydrogen-bond acceptors (Lipinski definition) is 3. The molecular weight excluding hydrogens is 293 g/mol. The Kier molecular flexibility index (Phi) is 3.77. The Balaban J connectivity index is 2.58. The molecule has 0 aliphatic carbocycles. The molecule has 1 aromatic heterocycles. The fourth-order valence-corrected chi connectivity index (χ4v) is 1.28. The number of rotatable bonds is 4. The van der Waals surface area contributed by atoms with Crippen molar-refractivity contribution in [1.29, 1.82) is 0 Å². The van der Waals surface area contributed by atoms with Crippen LogP contribution in [0.1, 0.15) is 13.8 Å². The average molecular weight is 309 g/mol. The van der Waals surface area contributed by atoms with Crippen molar-refractivity contribution < 1.29 is 4.74 Å². The molecule has 0 bridgehead atoms. The second-order valence-corrected chi connectivity index (χ2v) is 4.89. The number of methoxy groups -OCH3 is 1. The summed E-state index contributed by atoms with van der Waals surface area (Å²) in [5.41, 5.74) is -0.169. The summed E-state index contributed by atoms with van der Waals surface area (Å²) in [6, 6.07) is 0. The van der Waals surface area contributed by atoms with Crippen LogP contribution < -0.4 is 5.32 Å². The molecule has 0 fully saturated rings. The third-order valence-corrected chi connectivity index (χ3v) is 3.16. The van der Waals surface area contributed by atoms with Crippen LogP contribution in [-0.4, -0.2) is 28.8 Å². The molecule has 0 saturated heterocycles. The Bertz CT molecular complexity index is 309. The molecule has 4 nitrogen and oxygen atoms in total. The third kappa shape index (κ3) is 2.84. The van der Waals surface area contributed by atoms with E-state index < -0.39 is 0 Å². The highest BCUT2D eigenvalue weighted by molar-refractivity contribution is 14.1. The third-order valence-electron chi connectivity index (χ3n) is 2.16. The second kappa shape index (κ2) is 4.48. The first-order valence-corrected chi connectivity index (χ1v) is 5.50. The summed E-state index contributed by atoms with van der Waals surface area (Å²) in [6.45, 7) is 4.81. The highest BCUT2D eigenvalue weighted by Crippen LogP contribution is 2.13. The lowest BCUT2D eigenvalue weighted by Gasteiger charge is -2.23. The van der Waals surface area contributed by atoms with Gasteiger partial charge in [-0.1, -0.05) is 0 Å². The molecule has 1 N–H and O–H groups in total. The summed E-state index contributed by atoms with van der Waals surface area (Å²) in [7, 11) is 3.70. The van der Waals surface area contributed by atoms with Crippen molar-refractivity contribution in [3.05, 3.63) is 9.90 Å². The van der Waals surface area contributed by atoms with Crippen molar-refractivity contribution in [2.45, 2.75) is 19.4 Å². The normalized spacial score (nSPS) is 11.8. The zero-order valence-corrected chi connectivity index (χ0v) is 11.1. The summed E-state index contributed by atoms with van der Waals surface area (Å²) in [4.78, 5) is 4.24. The highest BCUT2D eigenvalue weighted by Gasteiger charge is 2.16. The van der Waals surface area contributed by atoms with E-state index in [2.05, 4.69) is 32.9 Å². The van der Waals surface area contributed by atoms with E-state index in [1.807, 2.05) is 31.7 Å². The average Bonchev–Trinajstić information content (AvgIpc) is 2.45. The number of imidazole rings is 1. The molecule has 0 spiro atoms. The lowest BCUT2D eigenvalue weighted by atomic mass is 10.1. The predicted octanol–water partition coefficient (Wildman–Crippen LogP) is 1.86. The van der Waals surface area contributed by atoms with Gasteiger partial charge in [0.15, 0.2) is 0 Å². The van der Waals surface area contributed by atoms with Gasteiger partial charge in [0.2, 0.25) is 5.95 Å². The Hall–Kier alpha value is -0.300. The summed E-state index contributed by atoms with van der Waals surface area (Å²) in [6.07, 6.45) is 1.84. The molecule has 0 radical (unpaired) electrons. The maximum Gasteiger partial charge on any atom is 0.203 e. The minimum atomic E-state index is -0.169. The number of aromatic nitrogens is 2. The molecule has 0 aliphatic rings. The standard InChI is InChI=1S/C9H16IN3O/c1-9(2,14-4)6-12-8-11-5-7(10)13(8)3/h5H,6H2,1-4H3,(H,11,12). The van der Waals surface area contributed by atoms with Crippen LogP contribution in [0, 0.1) is 3.70 Å². The summed E-state index contributed by atoms with van der Waals surface area (Å²) in [5.74, 6) is 0.875. The molecule has 80 valence electrons. The molecule has 0 saturated carbocycles. The lowest BCUT2D eigenvalue weighted by molar-refractivity contribution is 0.0342. The Labute approximate surface area is 98.2 Å². The van der Waals surface area contributed by atoms with Crippen molar-refractivity contribution >= 4 is 28.5 Å². The fraction of sp³-hybridized carbons (Fsp3) is 0.667. The van der Waals surface area contributed by atoms with Gasteiger partial charge in [0, 0.05) is 20.7 Å². The molecule has 0 atom stereocenters. The molecular formula is C9H16IN3O. The predicted molar refractivity (Wildman–Crippen MR) is 65.5 cm³/mol. The minimum absolute atomic E-state index is 0.169. The van der Waals surface area contributed by atoms with Gasteiger partial charge >= 0.3 is 0 Å². The van der Waals surface area contributed by atoms with Crippen molar-refractivity contribution in [2.24, 2.45) is 7.05 Å². The van der Waals surface area contributed by atoms with E-state index in [1.165, 1.54) is 0 Å². The number of nitrogens with zero attached hydrogens (tertiary/aromatic N) is 2. The van der Waals surface area contributed by atoms with Crippen LogP contribution in [0.2, 0.25) is 0 Å². The van der Waals surface area contributed by atoms with E-state index in [4.69, 9.17) is 4.74 Å². The molecule has 0 unspecified atom stereocenters. The molecule has 1 rings (SSSR count). The Morgan fingerprint density at radius 1 is 1.64 bits per heavy atom. The number of nitrogens with one attached hydrogen (secondary N) is 1. The van der Waals surface area contributed by atoms with E-state index in [1.54, 1.807) is 7.11 Å². The van der Waals surface area contributed by atoms with Crippen LogP contribution >= 0.6 is 22.6 Å². The zero-order valence-electron chi connectivity index (χ0n) is 8.97. The van der Waals surface area contributed by atoms with Gasteiger partial charge < -0.3 is 14.6 Å². The van der Waals surface area contributed by atoms with Crippen molar-refractivity contribution in [3.8, 4) is 0 Å². The van der Waals surface area contributed by atoms with Crippen molar-refractivity contribution in [3.63, 3.8) is 0 Å². The topological polar surface area (TPSA) is 39.1 Å².